The first-order chi connectivity index (χ1) is 12.1. The van der Waals surface area contributed by atoms with Crippen LogP contribution in [0.3, 0.4) is 0 Å². The lowest BCUT2D eigenvalue weighted by Gasteiger charge is -2.34. The van der Waals surface area contributed by atoms with Crippen molar-refractivity contribution in [2.45, 2.75) is 0 Å². The molecule has 5 heteroatoms. The summed E-state index contributed by atoms with van der Waals surface area (Å²) >= 11 is 0. The number of benzene rings is 2. The van der Waals surface area contributed by atoms with Crippen molar-refractivity contribution < 1.29 is 14.7 Å². The zero-order valence-corrected chi connectivity index (χ0v) is 13.8. The van der Waals surface area contributed by atoms with Crippen molar-refractivity contribution in [1.82, 2.24) is 9.80 Å². The SMILES string of the molecule is O=C(/C=C/c1ccccc1)N1CCN(C(=O)c2cccc(O)c2)CC1. The standard InChI is InChI=1S/C20H20N2O3/c23-18-8-4-7-17(15-18)20(25)22-13-11-21(12-14-22)19(24)10-9-16-5-2-1-3-6-16/h1-10,15,23H,11-14H2/b10-9+. The molecule has 0 aromatic heterocycles. The Labute approximate surface area is 146 Å². The summed E-state index contributed by atoms with van der Waals surface area (Å²) in [5.74, 6) is -0.0955. The Kier molecular flexibility index (Phi) is 5.14. The van der Waals surface area contributed by atoms with Gasteiger partial charge in [-0.1, -0.05) is 36.4 Å². The van der Waals surface area contributed by atoms with E-state index >= 15 is 0 Å². The third-order valence-corrected chi connectivity index (χ3v) is 4.19. The molecule has 1 aliphatic heterocycles. The monoisotopic (exact) mass is 336 g/mol. The molecule has 1 aliphatic rings. The lowest BCUT2D eigenvalue weighted by atomic mass is 10.1. The van der Waals surface area contributed by atoms with Gasteiger partial charge in [-0.15, -0.1) is 0 Å². The molecule has 2 aromatic carbocycles. The molecule has 0 bridgehead atoms. The predicted molar refractivity (Wildman–Crippen MR) is 96.1 cm³/mol. The molecule has 1 saturated heterocycles. The lowest BCUT2D eigenvalue weighted by Crippen LogP contribution is -2.50. The van der Waals surface area contributed by atoms with Crippen LogP contribution in [0.2, 0.25) is 0 Å². The van der Waals surface area contributed by atoms with Crippen LogP contribution in [0.25, 0.3) is 6.08 Å². The van der Waals surface area contributed by atoms with Gasteiger partial charge in [-0.2, -0.15) is 0 Å². The van der Waals surface area contributed by atoms with Gasteiger partial charge < -0.3 is 14.9 Å². The number of rotatable bonds is 3. The minimum atomic E-state index is -0.122. The van der Waals surface area contributed by atoms with Crippen molar-refractivity contribution in [2.24, 2.45) is 0 Å². The molecule has 2 aromatic rings. The van der Waals surface area contributed by atoms with Crippen LogP contribution in [0.1, 0.15) is 15.9 Å². The highest BCUT2D eigenvalue weighted by molar-refractivity contribution is 5.95. The molecule has 0 radical (unpaired) electrons. The van der Waals surface area contributed by atoms with Gasteiger partial charge in [0.05, 0.1) is 0 Å². The average Bonchev–Trinajstić information content (AvgIpc) is 2.66. The maximum atomic E-state index is 12.4. The Morgan fingerprint density at radius 3 is 2.24 bits per heavy atom. The summed E-state index contributed by atoms with van der Waals surface area (Å²) < 4.78 is 0. The van der Waals surface area contributed by atoms with E-state index in [1.165, 1.54) is 12.1 Å². The molecule has 0 unspecified atom stereocenters. The minimum Gasteiger partial charge on any atom is -0.508 e. The Bertz CT molecular complexity index is 779. The zero-order valence-electron chi connectivity index (χ0n) is 13.8. The van der Waals surface area contributed by atoms with Crippen molar-refractivity contribution >= 4 is 17.9 Å². The number of phenolic OH excluding ortho intramolecular Hbond substituents is 1. The van der Waals surface area contributed by atoms with E-state index in [4.69, 9.17) is 0 Å². The number of nitrogens with zero attached hydrogens (tertiary/aromatic N) is 2. The van der Waals surface area contributed by atoms with E-state index in [2.05, 4.69) is 0 Å². The summed E-state index contributed by atoms with van der Waals surface area (Å²) in [7, 11) is 0. The van der Waals surface area contributed by atoms with Crippen LogP contribution in [0.5, 0.6) is 5.75 Å². The van der Waals surface area contributed by atoms with Gasteiger partial charge in [0.25, 0.3) is 5.91 Å². The second-order valence-corrected chi connectivity index (χ2v) is 5.91. The summed E-state index contributed by atoms with van der Waals surface area (Å²) in [5.41, 5.74) is 1.44. The van der Waals surface area contributed by atoms with Gasteiger partial charge in [0.2, 0.25) is 5.91 Å². The van der Waals surface area contributed by atoms with Crippen LogP contribution in [0.4, 0.5) is 0 Å². The van der Waals surface area contributed by atoms with Crippen LogP contribution in [-0.4, -0.2) is 52.9 Å². The van der Waals surface area contributed by atoms with E-state index < -0.39 is 0 Å². The van der Waals surface area contributed by atoms with Gasteiger partial charge in [0.1, 0.15) is 5.75 Å². The molecule has 0 saturated carbocycles. The molecule has 3 rings (SSSR count). The number of phenols is 1. The second-order valence-electron chi connectivity index (χ2n) is 5.91. The van der Waals surface area contributed by atoms with Crippen LogP contribution in [0.15, 0.2) is 60.7 Å². The van der Waals surface area contributed by atoms with E-state index in [0.717, 1.165) is 5.56 Å². The highest BCUT2D eigenvalue weighted by Crippen LogP contribution is 2.14. The first-order valence-electron chi connectivity index (χ1n) is 8.24. The van der Waals surface area contributed by atoms with E-state index in [0.29, 0.717) is 31.7 Å². The van der Waals surface area contributed by atoms with Crippen molar-refractivity contribution in [3.8, 4) is 5.75 Å². The molecule has 0 spiro atoms. The molecule has 25 heavy (non-hydrogen) atoms. The first kappa shape index (κ1) is 16.8. The van der Waals surface area contributed by atoms with Gasteiger partial charge in [-0.05, 0) is 29.8 Å². The van der Waals surface area contributed by atoms with Crippen molar-refractivity contribution in [3.05, 3.63) is 71.8 Å². The number of hydrogen-bond donors (Lipinski definition) is 1. The number of carbonyl (C=O) groups excluding carboxylic acids is 2. The van der Waals surface area contributed by atoms with Crippen LogP contribution in [0, 0.1) is 0 Å². The van der Waals surface area contributed by atoms with Crippen LogP contribution >= 0.6 is 0 Å². The Morgan fingerprint density at radius 2 is 1.56 bits per heavy atom. The molecule has 1 N–H and O–H groups in total. The van der Waals surface area contributed by atoms with Gasteiger partial charge in [0.15, 0.2) is 0 Å². The van der Waals surface area contributed by atoms with Crippen LogP contribution < -0.4 is 0 Å². The van der Waals surface area contributed by atoms with E-state index in [9.17, 15) is 14.7 Å². The summed E-state index contributed by atoms with van der Waals surface area (Å²) in [6.07, 6.45) is 3.37. The number of aromatic hydroxyl groups is 1. The number of carbonyl (C=O) groups is 2. The number of hydrogen-bond acceptors (Lipinski definition) is 3. The van der Waals surface area contributed by atoms with Crippen LogP contribution in [-0.2, 0) is 4.79 Å². The summed E-state index contributed by atoms with van der Waals surface area (Å²) in [6, 6.07) is 16.0. The largest absolute Gasteiger partial charge is 0.508 e. The Hall–Kier alpha value is -3.08. The maximum absolute atomic E-state index is 12.4. The smallest absolute Gasteiger partial charge is 0.254 e. The topological polar surface area (TPSA) is 60.9 Å². The summed E-state index contributed by atoms with van der Waals surface area (Å²) in [4.78, 5) is 28.2. The quantitative estimate of drug-likeness (QED) is 0.876. The van der Waals surface area contributed by atoms with Crippen molar-refractivity contribution in [1.29, 1.82) is 0 Å². The maximum Gasteiger partial charge on any atom is 0.254 e. The second kappa shape index (κ2) is 7.66. The van der Waals surface area contributed by atoms with Crippen molar-refractivity contribution in [3.63, 3.8) is 0 Å². The molecular formula is C20H20N2O3. The fraction of sp³-hybridized carbons (Fsp3) is 0.200. The van der Waals surface area contributed by atoms with E-state index in [1.54, 1.807) is 34.1 Å². The third kappa shape index (κ3) is 4.26. The number of piperazine rings is 1. The fourth-order valence-electron chi connectivity index (χ4n) is 2.79. The average molecular weight is 336 g/mol. The fourth-order valence-corrected chi connectivity index (χ4v) is 2.79. The van der Waals surface area contributed by atoms with Gasteiger partial charge in [-0.3, -0.25) is 9.59 Å². The predicted octanol–water partition coefficient (Wildman–Crippen LogP) is 2.39. The Balaban J connectivity index is 1.55. The molecule has 1 fully saturated rings. The van der Waals surface area contributed by atoms with Crippen molar-refractivity contribution in [2.75, 3.05) is 26.2 Å². The minimum absolute atomic E-state index is 0.0479. The highest BCUT2D eigenvalue weighted by Gasteiger charge is 2.23. The third-order valence-electron chi connectivity index (χ3n) is 4.19. The van der Waals surface area contributed by atoms with E-state index in [-0.39, 0.29) is 17.6 Å². The van der Waals surface area contributed by atoms with Gasteiger partial charge >= 0.3 is 0 Å². The van der Waals surface area contributed by atoms with Gasteiger partial charge in [0, 0.05) is 37.8 Å². The molecular weight excluding hydrogens is 316 g/mol. The number of amides is 2. The summed E-state index contributed by atoms with van der Waals surface area (Å²) in [6.45, 7) is 1.98. The molecule has 1 heterocycles. The van der Waals surface area contributed by atoms with E-state index in [1.807, 2.05) is 30.3 Å². The molecule has 0 aliphatic carbocycles. The molecule has 2 amide bonds. The zero-order chi connectivity index (χ0) is 17.6. The summed E-state index contributed by atoms with van der Waals surface area (Å²) in [5, 5.41) is 9.50. The molecule has 128 valence electrons. The lowest BCUT2D eigenvalue weighted by molar-refractivity contribution is -0.127. The highest BCUT2D eigenvalue weighted by atomic mass is 16.3. The molecule has 0 atom stereocenters. The Morgan fingerprint density at radius 1 is 0.880 bits per heavy atom. The normalized spacial score (nSPS) is 14.7. The molecule has 5 nitrogen and oxygen atoms in total. The first-order valence-corrected chi connectivity index (χ1v) is 8.24. The van der Waals surface area contributed by atoms with Gasteiger partial charge in [-0.25, -0.2) is 0 Å².